The first-order chi connectivity index (χ1) is 7.83. The molecule has 2 aromatic rings. The Bertz CT molecular complexity index is 514. The Labute approximate surface area is 106 Å². The number of anilines is 1. The van der Waals surface area contributed by atoms with E-state index in [2.05, 4.69) is 32.3 Å². The molecule has 0 fully saturated rings. The SMILES string of the molecule is Brc1csc(NC2COc3ccccc32)n1. The molecule has 1 atom stereocenters. The third-order valence-corrected chi connectivity index (χ3v) is 3.96. The second-order valence-corrected chi connectivity index (χ2v) is 5.19. The molecule has 0 radical (unpaired) electrons. The van der Waals surface area contributed by atoms with E-state index in [1.54, 1.807) is 11.3 Å². The van der Waals surface area contributed by atoms with Crippen molar-refractivity contribution in [3.63, 3.8) is 0 Å². The number of ether oxygens (including phenoxy) is 1. The van der Waals surface area contributed by atoms with E-state index in [1.165, 1.54) is 5.56 Å². The largest absolute Gasteiger partial charge is 0.491 e. The normalized spacial score (nSPS) is 17.9. The van der Waals surface area contributed by atoms with Gasteiger partial charge in [0.25, 0.3) is 0 Å². The number of fused-ring (bicyclic) bond motifs is 1. The molecule has 0 saturated carbocycles. The topological polar surface area (TPSA) is 34.1 Å². The molecule has 1 aliphatic rings. The molecule has 0 amide bonds. The lowest BCUT2D eigenvalue weighted by Gasteiger charge is -2.09. The summed E-state index contributed by atoms with van der Waals surface area (Å²) in [5.41, 5.74) is 1.20. The van der Waals surface area contributed by atoms with Gasteiger partial charge in [-0.3, -0.25) is 0 Å². The maximum Gasteiger partial charge on any atom is 0.184 e. The van der Waals surface area contributed by atoms with Gasteiger partial charge in [-0.1, -0.05) is 18.2 Å². The van der Waals surface area contributed by atoms with Crippen molar-refractivity contribution in [2.24, 2.45) is 0 Å². The van der Waals surface area contributed by atoms with Gasteiger partial charge in [-0.05, 0) is 22.0 Å². The molecule has 1 aromatic carbocycles. The highest BCUT2D eigenvalue weighted by atomic mass is 79.9. The number of benzene rings is 1. The van der Waals surface area contributed by atoms with Crippen molar-refractivity contribution in [1.82, 2.24) is 4.98 Å². The zero-order valence-electron chi connectivity index (χ0n) is 8.31. The molecule has 1 aliphatic heterocycles. The monoisotopic (exact) mass is 296 g/mol. The summed E-state index contributed by atoms with van der Waals surface area (Å²) in [7, 11) is 0. The molecule has 3 rings (SSSR count). The van der Waals surface area contributed by atoms with Crippen LogP contribution in [0.4, 0.5) is 5.13 Å². The van der Waals surface area contributed by atoms with E-state index in [0.717, 1.165) is 15.5 Å². The summed E-state index contributed by atoms with van der Waals surface area (Å²) in [6.07, 6.45) is 0. The van der Waals surface area contributed by atoms with Gasteiger partial charge < -0.3 is 10.1 Å². The van der Waals surface area contributed by atoms with Crippen molar-refractivity contribution in [1.29, 1.82) is 0 Å². The summed E-state index contributed by atoms with van der Waals surface area (Å²) in [4.78, 5) is 4.32. The Kier molecular flexibility index (Phi) is 2.57. The predicted molar refractivity (Wildman–Crippen MR) is 68.1 cm³/mol. The third kappa shape index (κ3) is 1.81. The number of aromatic nitrogens is 1. The summed E-state index contributed by atoms with van der Waals surface area (Å²) in [5.74, 6) is 0.968. The molecule has 16 heavy (non-hydrogen) atoms. The van der Waals surface area contributed by atoms with Gasteiger partial charge >= 0.3 is 0 Å². The van der Waals surface area contributed by atoms with Crippen LogP contribution in [0.5, 0.6) is 5.75 Å². The molecular formula is C11H9BrN2OS. The Morgan fingerprint density at radius 3 is 3.12 bits per heavy atom. The Balaban J connectivity index is 1.83. The molecule has 0 saturated heterocycles. The number of hydrogen-bond donors (Lipinski definition) is 1. The third-order valence-electron chi connectivity index (χ3n) is 2.47. The molecule has 3 nitrogen and oxygen atoms in total. The lowest BCUT2D eigenvalue weighted by atomic mass is 10.1. The molecule has 0 aliphatic carbocycles. The first-order valence-corrected chi connectivity index (χ1v) is 6.59. The highest BCUT2D eigenvalue weighted by Gasteiger charge is 2.23. The van der Waals surface area contributed by atoms with Gasteiger partial charge in [-0.2, -0.15) is 0 Å². The summed E-state index contributed by atoms with van der Waals surface area (Å²) in [6, 6.07) is 8.30. The van der Waals surface area contributed by atoms with Gasteiger partial charge in [0.15, 0.2) is 5.13 Å². The van der Waals surface area contributed by atoms with Crippen LogP contribution in [0.2, 0.25) is 0 Å². The Hall–Kier alpha value is -1.07. The van der Waals surface area contributed by atoms with E-state index < -0.39 is 0 Å². The summed E-state index contributed by atoms with van der Waals surface area (Å²) in [5, 5.41) is 6.25. The number of halogens is 1. The van der Waals surface area contributed by atoms with Crippen molar-refractivity contribution < 1.29 is 4.74 Å². The molecular weight excluding hydrogens is 288 g/mol. The van der Waals surface area contributed by atoms with Crippen LogP contribution in [-0.4, -0.2) is 11.6 Å². The second-order valence-electron chi connectivity index (χ2n) is 3.52. The van der Waals surface area contributed by atoms with E-state index in [-0.39, 0.29) is 6.04 Å². The van der Waals surface area contributed by atoms with Crippen molar-refractivity contribution in [3.05, 3.63) is 39.8 Å². The molecule has 0 spiro atoms. The maximum atomic E-state index is 5.59. The summed E-state index contributed by atoms with van der Waals surface area (Å²) < 4.78 is 6.46. The molecule has 1 unspecified atom stereocenters. The van der Waals surface area contributed by atoms with Crippen molar-refractivity contribution >= 4 is 32.4 Å². The lowest BCUT2D eigenvalue weighted by molar-refractivity contribution is 0.340. The fourth-order valence-corrected chi connectivity index (χ4v) is 2.95. The van der Waals surface area contributed by atoms with E-state index in [9.17, 15) is 0 Å². The van der Waals surface area contributed by atoms with Gasteiger partial charge in [-0.25, -0.2) is 4.98 Å². The molecule has 82 valence electrons. The number of nitrogens with one attached hydrogen (secondary N) is 1. The first-order valence-electron chi connectivity index (χ1n) is 4.92. The van der Waals surface area contributed by atoms with Gasteiger partial charge in [0, 0.05) is 10.9 Å². The van der Waals surface area contributed by atoms with Crippen LogP contribution in [0.1, 0.15) is 11.6 Å². The molecule has 1 aromatic heterocycles. The van der Waals surface area contributed by atoms with Crippen LogP contribution in [0, 0.1) is 0 Å². The minimum absolute atomic E-state index is 0.203. The lowest BCUT2D eigenvalue weighted by Crippen LogP contribution is -2.11. The van der Waals surface area contributed by atoms with Gasteiger partial charge in [0.2, 0.25) is 0 Å². The molecule has 1 N–H and O–H groups in total. The maximum absolute atomic E-state index is 5.59. The molecule has 2 heterocycles. The van der Waals surface area contributed by atoms with Crippen LogP contribution in [0.25, 0.3) is 0 Å². The Morgan fingerprint density at radius 1 is 1.44 bits per heavy atom. The van der Waals surface area contributed by atoms with E-state index in [1.807, 2.05) is 23.6 Å². The average molecular weight is 297 g/mol. The minimum Gasteiger partial charge on any atom is -0.491 e. The van der Waals surface area contributed by atoms with Gasteiger partial charge in [-0.15, -0.1) is 11.3 Å². The number of rotatable bonds is 2. The van der Waals surface area contributed by atoms with E-state index in [0.29, 0.717) is 6.61 Å². The first kappa shape index (κ1) is 10.1. The zero-order chi connectivity index (χ0) is 11.0. The van der Waals surface area contributed by atoms with Crippen molar-refractivity contribution in [3.8, 4) is 5.75 Å². The molecule has 0 bridgehead atoms. The van der Waals surface area contributed by atoms with Crippen LogP contribution in [-0.2, 0) is 0 Å². The summed E-state index contributed by atoms with van der Waals surface area (Å²) >= 11 is 4.93. The predicted octanol–water partition coefficient (Wildman–Crippen LogP) is 3.45. The second kappa shape index (κ2) is 4.07. The highest BCUT2D eigenvalue weighted by Crippen LogP contribution is 2.34. The van der Waals surface area contributed by atoms with Crippen molar-refractivity contribution in [2.75, 3.05) is 11.9 Å². The standard InChI is InChI=1S/C11H9BrN2OS/c12-10-6-16-11(14-10)13-8-5-15-9-4-2-1-3-7(8)9/h1-4,6,8H,5H2,(H,13,14). The quantitative estimate of drug-likeness (QED) is 0.922. The minimum atomic E-state index is 0.203. The van der Waals surface area contributed by atoms with E-state index in [4.69, 9.17) is 4.74 Å². The van der Waals surface area contributed by atoms with Crippen LogP contribution >= 0.6 is 27.3 Å². The number of para-hydroxylation sites is 1. The van der Waals surface area contributed by atoms with Crippen LogP contribution in [0.3, 0.4) is 0 Å². The average Bonchev–Trinajstić information content (AvgIpc) is 2.87. The number of nitrogens with zero attached hydrogens (tertiary/aromatic N) is 1. The summed E-state index contributed by atoms with van der Waals surface area (Å²) in [6.45, 7) is 0.663. The molecule has 5 heteroatoms. The van der Waals surface area contributed by atoms with Gasteiger partial charge in [0.1, 0.15) is 17.0 Å². The van der Waals surface area contributed by atoms with Crippen LogP contribution in [0.15, 0.2) is 34.2 Å². The number of hydrogen-bond acceptors (Lipinski definition) is 4. The zero-order valence-corrected chi connectivity index (χ0v) is 10.7. The number of thiazole rings is 1. The van der Waals surface area contributed by atoms with Crippen molar-refractivity contribution in [2.45, 2.75) is 6.04 Å². The fourth-order valence-electron chi connectivity index (χ4n) is 1.75. The van der Waals surface area contributed by atoms with Crippen LogP contribution < -0.4 is 10.1 Å². The fraction of sp³-hybridized carbons (Fsp3) is 0.182. The van der Waals surface area contributed by atoms with E-state index >= 15 is 0 Å². The smallest absolute Gasteiger partial charge is 0.184 e. The highest BCUT2D eigenvalue weighted by molar-refractivity contribution is 9.10. The van der Waals surface area contributed by atoms with Gasteiger partial charge in [0.05, 0.1) is 6.04 Å². The Morgan fingerprint density at radius 2 is 2.31 bits per heavy atom.